The molecular formula is C22H21NO4S. The first kappa shape index (κ1) is 18.6. The summed E-state index contributed by atoms with van der Waals surface area (Å²) in [6, 6.07) is 11.9. The largest absolute Gasteiger partial charge is 0.480 e. The predicted octanol–water partition coefficient (Wildman–Crippen LogP) is 3.26. The lowest BCUT2D eigenvalue weighted by Crippen LogP contribution is -2.47. The van der Waals surface area contributed by atoms with Gasteiger partial charge in [-0.15, -0.1) is 11.3 Å². The molecule has 4 unspecified atom stereocenters. The number of hydrogen-bond acceptors (Lipinski definition) is 4. The van der Waals surface area contributed by atoms with Crippen molar-refractivity contribution in [2.75, 3.05) is 0 Å². The van der Waals surface area contributed by atoms with Gasteiger partial charge in [0.05, 0.1) is 12.5 Å². The number of rotatable bonds is 5. The number of ketones is 1. The lowest BCUT2D eigenvalue weighted by atomic mass is 9.89. The molecule has 28 heavy (non-hydrogen) atoms. The maximum absolute atomic E-state index is 13.1. The molecule has 144 valence electrons. The molecule has 0 spiro atoms. The predicted molar refractivity (Wildman–Crippen MR) is 107 cm³/mol. The molecule has 0 bridgehead atoms. The fourth-order valence-corrected chi connectivity index (χ4v) is 5.22. The normalized spacial score (nSPS) is 26.7. The summed E-state index contributed by atoms with van der Waals surface area (Å²) in [4.78, 5) is 40.1. The van der Waals surface area contributed by atoms with Gasteiger partial charge in [0.15, 0.2) is 0 Å². The molecule has 5 nitrogen and oxygen atoms in total. The van der Waals surface area contributed by atoms with Gasteiger partial charge in [0.25, 0.3) is 0 Å². The average Bonchev–Trinajstić information content (AvgIpc) is 3.38. The molecular weight excluding hydrogens is 374 g/mol. The Bertz CT molecular complexity index is 906. The summed E-state index contributed by atoms with van der Waals surface area (Å²) in [5.41, 5.74) is 0.953. The number of hydrogen-bond donors (Lipinski definition) is 1. The van der Waals surface area contributed by atoms with Gasteiger partial charge >= 0.3 is 5.97 Å². The number of carbonyl (C=O) groups excluding carboxylic acids is 2. The van der Waals surface area contributed by atoms with E-state index in [1.165, 1.54) is 16.2 Å². The molecule has 1 aromatic carbocycles. The lowest BCUT2D eigenvalue weighted by molar-refractivity contribution is -0.150. The van der Waals surface area contributed by atoms with E-state index in [1.54, 1.807) is 0 Å². The van der Waals surface area contributed by atoms with Crippen LogP contribution in [0.5, 0.6) is 0 Å². The molecule has 1 aromatic heterocycles. The lowest BCUT2D eigenvalue weighted by Gasteiger charge is -2.29. The van der Waals surface area contributed by atoms with E-state index >= 15 is 0 Å². The van der Waals surface area contributed by atoms with Crippen molar-refractivity contribution >= 4 is 35.1 Å². The van der Waals surface area contributed by atoms with Crippen molar-refractivity contribution in [1.82, 2.24) is 4.90 Å². The Morgan fingerprint density at radius 1 is 1.18 bits per heavy atom. The molecule has 2 heterocycles. The fraction of sp³-hybridized carbons (Fsp3) is 0.318. The summed E-state index contributed by atoms with van der Waals surface area (Å²) in [6.07, 6.45) is 4.79. The van der Waals surface area contributed by atoms with E-state index in [1.807, 2.05) is 60.0 Å². The van der Waals surface area contributed by atoms with Crippen LogP contribution >= 0.6 is 11.3 Å². The highest BCUT2D eigenvalue weighted by Crippen LogP contribution is 2.45. The minimum absolute atomic E-state index is 0.0605. The fourth-order valence-electron chi connectivity index (χ4n) is 4.52. The van der Waals surface area contributed by atoms with Crippen LogP contribution in [0.3, 0.4) is 0 Å². The average molecular weight is 395 g/mol. The number of carboxylic acids is 1. The number of fused-ring (bicyclic) bond motifs is 1. The number of likely N-dealkylation sites (tertiary alicyclic amines) is 1. The minimum atomic E-state index is -1.03. The van der Waals surface area contributed by atoms with Crippen LogP contribution in [0.25, 0.3) is 6.08 Å². The van der Waals surface area contributed by atoms with E-state index < -0.39 is 24.0 Å². The number of carboxylic acid groups (broad SMARTS) is 1. The van der Waals surface area contributed by atoms with Gasteiger partial charge in [0.2, 0.25) is 5.91 Å². The summed E-state index contributed by atoms with van der Waals surface area (Å²) >= 11 is 1.47. The highest BCUT2D eigenvalue weighted by Gasteiger charge is 2.57. The number of nitrogens with zero attached hydrogens (tertiary/aromatic N) is 1. The van der Waals surface area contributed by atoms with E-state index in [9.17, 15) is 19.5 Å². The molecule has 1 amide bonds. The molecule has 1 saturated carbocycles. The van der Waals surface area contributed by atoms with E-state index in [4.69, 9.17) is 0 Å². The van der Waals surface area contributed by atoms with Crippen molar-refractivity contribution < 1.29 is 19.5 Å². The first-order valence-corrected chi connectivity index (χ1v) is 10.3. The maximum Gasteiger partial charge on any atom is 0.326 e. The second-order valence-electron chi connectivity index (χ2n) is 7.30. The van der Waals surface area contributed by atoms with Crippen LogP contribution in [0.4, 0.5) is 0 Å². The molecule has 1 saturated heterocycles. The van der Waals surface area contributed by atoms with Gasteiger partial charge in [-0.25, -0.2) is 4.79 Å². The van der Waals surface area contributed by atoms with E-state index in [0.717, 1.165) is 10.4 Å². The van der Waals surface area contributed by atoms with Crippen LogP contribution in [0.1, 0.15) is 23.3 Å². The zero-order valence-corrected chi connectivity index (χ0v) is 16.0. The molecule has 0 radical (unpaired) electrons. The van der Waals surface area contributed by atoms with E-state index in [2.05, 4.69) is 0 Å². The summed E-state index contributed by atoms with van der Waals surface area (Å²) < 4.78 is 0. The van der Waals surface area contributed by atoms with Gasteiger partial charge < -0.3 is 10.0 Å². The SMILES string of the molecule is O=C1CCC2C1C(C=Cc1ccccc1)N(C(=O)Cc1cccs1)C2C(=O)O. The highest BCUT2D eigenvalue weighted by molar-refractivity contribution is 7.10. The van der Waals surface area contributed by atoms with Crippen LogP contribution in [-0.2, 0) is 20.8 Å². The first-order chi connectivity index (χ1) is 13.6. The topological polar surface area (TPSA) is 74.7 Å². The van der Waals surface area contributed by atoms with Gasteiger partial charge in [-0.1, -0.05) is 48.6 Å². The Kier molecular flexibility index (Phi) is 5.13. The van der Waals surface area contributed by atoms with Crippen molar-refractivity contribution in [3.63, 3.8) is 0 Å². The Morgan fingerprint density at radius 3 is 2.64 bits per heavy atom. The number of Topliss-reactive ketones (excluding diaryl/α,β-unsaturated/α-hetero) is 1. The molecule has 2 fully saturated rings. The number of carbonyl (C=O) groups is 3. The standard InChI is InChI=1S/C22H21NO4S/c24-18-11-9-16-20(18)17(10-8-14-5-2-1-3-6-14)23(21(16)22(26)27)19(25)13-15-7-4-12-28-15/h1-8,10,12,16-17,20-21H,9,11,13H2,(H,26,27). The highest BCUT2D eigenvalue weighted by atomic mass is 32.1. The van der Waals surface area contributed by atoms with Crippen LogP contribution < -0.4 is 0 Å². The Hall–Kier alpha value is -2.73. The summed E-state index contributed by atoms with van der Waals surface area (Å²) in [7, 11) is 0. The second-order valence-corrected chi connectivity index (χ2v) is 8.33. The smallest absolute Gasteiger partial charge is 0.326 e. The molecule has 4 rings (SSSR count). The van der Waals surface area contributed by atoms with Crippen molar-refractivity contribution in [1.29, 1.82) is 0 Å². The van der Waals surface area contributed by atoms with Crippen LogP contribution in [0.2, 0.25) is 0 Å². The molecule has 6 heteroatoms. The van der Waals surface area contributed by atoms with Gasteiger partial charge in [-0.2, -0.15) is 0 Å². The van der Waals surface area contributed by atoms with Crippen LogP contribution in [0, 0.1) is 11.8 Å². The van der Waals surface area contributed by atoms with Crippen molar-refractivity contribution in [3.05, 3.63) is 64.4 Å². The zero-order valence-electron chi connectivity index (χ0n) is 15.2. The summed E-state index contributed by atoms with van der Waals surface area (Å²) in [5.74, 6) is -1.96. The van der Waals surface area contributed by atoms with E-state index in [-0.39, 0.29) is 24.0 Å². The number of amides is 1. The third-order valence-electron chi connectivity index (χ3n) is 5.68. The van der Waals surface area contributed by atoms with Crippen molar-refractivity contribution in [2.24, 2.45) is 11.8 Å². The summed E-state index contributed by atoms with van der Waals surface area (Å²) in [5, 5.41) is 11.8. The first-order valence-electron chi connectivity index (χ1n) is 9.38. The third-order valence-corrected chi connectivity index (χ3v) is 6.56. The maximum atomic E-state index is 13.1. The number of benzene rings is 1. The van der Waals surface area contributed by atoms with Crippen LogP contribution in [0.15, 0.2) is 53.9 Å². The van der Waals surface area contributed by atoms with Crippen molar-refractivity contribution in [3.8, 4) is 0 Å². The monoisotopic (exact) mass is 395 g/mol. The quantitative estimate of drug-likeness (QED) is 0.843. The second kappa shape index (κ2) is 7.72. The van der Waals surface area contributed by atoms with Gasteiger partial charge in [-0.3, -0.25) is 9.59 Å². The molecule has 4 atom stereocenters. The third kappa shape index (κ3) is 3.40. The number of thiophene rings is 1. The molecule has 2 aromatic rings. The van der Waals surface area contributed by atoms with Gasteiger partial charge in [0.1, 0.15) is 11.8 Å². The molecule has 2 aliphatic rings. The summed E-state index contributed by atoms with van der Waals surface area (Å²) in [6.45, 7) is 0. The Labute approximate surface area is 167 Å². The van der Waals surface area contributed by atoms with Crippen LogP contribution in [-0.4, -0.2) is 39.7 Å². The number of aliphatic carboxylic acids is 1. The van der Waals surface area contributed by atoms with E-state index in [0.29, 0.717) is 12.8 Å². The minimum Gasteiger partial charge on any atom is -0.480 e. The van der Waals surface area contributed by atoms with Gasteiger partial charge in [0, 0.05) is 23.1 Å². The molecule has 1 aliphatic carbocycles. The van der Waals surface area contributed by atoms with Gasteiger partial charge in [-0.05, 0) is 23.4 Å². The zero-order chi connectivity index (χ0) is 19.7. The molecule has 1 aliphatic heterocycles. The van der Waals surface area contributed by atoms with Crippen molar-refractivity contribution in [2.45, 2.75) is 31.3 Å². The Balaban J connectivity index is 1.69. The molecule has 1 N–H and O–H groups in total. The Morgan fingerprint density at radius 2 is 1.96 bits per heavy atom.